The van der Waals surface area contributed by atoms with Gasteiger partial charge in [-0.05, 0) is 24.6 Å². The van der Waals surface area contributed by atoms with Crippen molar-refractivity contribution in [3.8, 4) is 0 Å². The molecular formula is C20H24N2O4S2. The Morgan fingerprint density at radius 3 is 2.54 bits per heavy atom. The summed E-state index contributed by atoms with van der Waals surface area (Å²) in [6.07, 6.45) is 2.28. The molecule has 2 saturated heterocycles. The predicted molar refractivity (Wildman–Crippen MR) is 109 cm³/mol. The van der Waals surface area contributed by atoms with Crippen LogP contribution in [-0.2, 0) is 15.6 Å². The fraction of sp³-hybridized carbons (Fsp3) is 0.450. The molecule has 3 heterocycles. The number of piperazine rings is 1. The summed E-state index contributed by atoms with van der Waals surface area (Å²) in [6, 6.07) is 12.0. The van der Waals surface area contributed by atoms with Crippen molar-refractivity contribution in [2.24, 2.45) is 0 Å². The summed E-state index contributed by atoms with van der Waals surface area (Å²) in [6.45, 7) is 2.62. The van der Waals surface area contributed by atoms with E-state index in [0.29, 0.717) is 44.1 Å². The van der Waals surface area contributed by atoms with Crippen molar-refractivity contribution in [1.82, 2.24) is 9.80 Å². The lowest BCUT2D eigenvalue weighted by Gasteiger charge is -2.37. The van der Waals surface area contributed by atoms with Crippen LogP contribution in [0.3, 0.4) is 0 Å². The van der Waals surface area contributed by atoms with Gasteiger partial charge in [0.2, 0.25) is 0 Å². The van der Waals surface area contributed by atoms with E-state index in [9.17, 15) is 13.2 Å². The summed E-state index contributed by atoms with van der Waals surface area (Å²) in [7, 11) is -2.88. The molecule has 1 unspecified atom stereocenters. The van der Waals surface area contributed by atoms with E-state index in [0.717, 1.165) is 10.5 Å². The highest BCUT2D eigenvalue weighted by Crippen LogP contribution is 2.26. The largest absolute Gasteiger partial charge is 0.459 e. The van der Waals surface area contributed by atoms with Gasteiger partial charge in [0.05, 0.1) is 17.8 Å². The quantitative estimate of drug-likeness (QED) is 0.693. The second-order valence-corrected chi connectivity index (χ2v) is 10.5. The summed E-state index contributed by atoms with van der Waals surface area (Å²) < 4.78 is 28.9. The molecule has 0 saturated carbocycles. The summed E-state index contributed by atoms with van der Waals surface area (Å²) in [5.41, 5.74) is 0.906. The van der Waals surface area contributed by atoms with E-state index in [-0.39, 0.29) is 23.5 Å². The van der Waals surface area contributed by atoms with Gasteiger partial charge < -0.3 is 9.32 Å². The van der Waals surface area contributed by atoms with Gasteiger partial charge in [0, 0.05) is 48.4 Å². The number of sulfone groups is 1. The lowest BCUT2D eigenvalue weighted by Crippen LogP contribution is -2.52. The monoisotopic (exact) mass is 420 g/mol. The third-order valence-electron chi connectivity index (χ3n) is 5.40. The molecule has 0 aliphatic carbocycles. The number of carbonyl (C=O) groups is 1. The highest BCUT2D eigenvalue weighted by molar-refractivity contribution is 7.98. The normalized spacial score (nSPS) is 22.4. The van der Waals surface area contributed by atoms with Crippen molar-refractivity contribution in [3.63, 3.8) is 0 Å². The van der Waals surface area contributed by atoms with E-state index in [4.69, 9.17) is 4.42 Å². The number of hydrogen-bond acceptors (Lipinski definition) is 6. The van der Waals surface area contributed by atoms with Crippen molar-refractivity contribution in [1.29, 1.82) is 0 Å². The summed E-state index contributed by atoms with van der Waals surface area (Å²) >= 11 is 1.68. The van der Waals surface area contributed by atoms with E-state index in [2.05, 4.69) is 17.0 Å². The van der Waals surface area contributed by atoms with Crippen molar-refractivity contribution in [2.75, 3.05) is 37.7 Å². The Hall–Kier alpha value is -1.77. The average molecular weight is 421 g/mol. The van der Waals surface area contributed by atoms with E-state index < -0.39 is 9.84 Å². The minimum atomic E-state index is -2.88. The number of nitrogens with zero attached hydrogens (tertiary/aromatic N) is 2. The van der Waals surface area contributed by atoms with Crippen molar-refractivity contribution in [2.45, 2.75) is 23.1 Å². The third kappa shape index (κ3) is 4.45. The van der Waals surface area contributed by atoms with Gasteiger partial charge in [0.1, 0.15) is 0 Å². The molecule has 6 nitrogen and oxygen atoms in total. The summed E-state index contributed by atoms with van der Waals surface area (Å²) in [4.78, 5) is 18.1. The average Bonchev–Trinajstić information content (AvgIpc) is 3.33. The molecule has 8 heteroatoms. The van der Waals surface area contributed by atoms with Gasteiger partial charge in [0.15, 0.2) is 15.6 Å². The van der Waals surface area contributed by atoms with Crippen LogP contribution in [0.25, 0.3) is 0 Å². The second-order valence-electron chi connectivity index (χ2n) is 7.26. The Morgan fingerprint density at radius 2 is 1.86 bits per heavy atom. The third-order valence-corrected chi connectivity index (χ3v) is 8.22. The maximum Gasteiger partial charge on any atom is 0.289 e. The van der Waals surface area contributed by atoms with Crippen LogP contribution < -0.4 is 0 Å². The topological polar surface area (TPSA) is 70.8 Å². The molecule has 1 aromatic carbocycles. The summed E-state index contributed by atoms with van der Waals surface area (Å²) in [5, 5.41) is 0. The molecule has 0 bridgehead atoms. The standard InChI is InChI=1S/C20H24N2O4S2/c23-20(19-16(6-12-26-19)14-27-18-4-2-1-3-5-18)22-10-8-21(9-11-22)17-7-13-28(24,25)15-17/h1-6,12,17H,7-11,13-15H2. The lowest BCUT2D eigenvalue weighted by molar-refractivity contribution is 0.0557. The van der Waals surface area contributed by atoms with E-state index in [1.165, 1.54) is 0 Å². The maximum atomic E-state index is 12.9. The van der Waals surface area contributed by atoms with Gasteiger partial charge in [-0.2, -0.15) is 0 Å². The van der Waals surface area contributed by atoms with Crippen LogP contribution in [-0.4, -0.2) is 67.9 Å². The van der Waals surface area contributed by atoms with Crippen LogP contribution in [0.5, 0.6) is 0 Å². The molecule has 4 rings (SSSR count). The first-order valence-electron chi connectivity index (χ1n) is 9.50. The number of furan rings is 1. The zero-order valence-corrected chi connectivity index (χ0v) is 17.3. The Labute approximate surface area is 169 Å². The molecule has 2 aliphatic heterocycles. The molecule has 1 atom stereocenters. The second kappa shape index (κ2) is 8.31. The number of benzene rings is 1. The SMILES string of the molecule is O=C(c1occc1CSc1ccccc1)N1CCN(C2CCS(=O)(=O)C2)CC1. The van der Waals surface area contributed by atoms with E-state index in [1.807, 2.05) is 29.2 Å². The lowest BCUT2D eigenvalue weighted by atomic mass is 10.1. The minimum absolute atomic E-state index is 0.0765. The molecule has 0 radical (unpaired) electrons. The first-order chi connectivity index (χ1) is 13.5. The Kier molecular flexibility index (Phi) is 5.80. The first kappa shape index (κ1) is 19.5. The van der Waals surface area contributed by atoms with Crippen LogP contribution in [0, 0.1) is 0 Å². The van der Waals surface area contributed by atoms with Gasteiger partial charge in [0.25, 0.3) is 5.91 Å². The highest BCUT2D eigenvalue weighted by atomic mass is 32.2. The fourth-order valence-corrected chi connectivity index (χ4v) is 6.47. The molecule has 28 heavy (non-hydrogen) atoms. The highest BCUT2D eigenvalue weighted by Gasteiger charge is 2.35. The van der Waals surface area contributed by atoms with Gasteiger partial charge >= 0.3 is 0 Å². The molecule has 2 fully saturated rings. The van der Waals surface area contributed by atoms with Gasteiger partial charge in [-0.3, -0.25) is 9.69 Å². The Balaban J connectivity index is 1.34. The first-order valence-corrected chi connectivity index (χ1v) is 12.3. The van der Waals surface area contributed by atoms with Gasteiger partial charge in [-0.25, -0.2) is 8.42 Å². The van der Waals surface area contributed by atoms with Crippen molar-refractivity contribution >= 4 is 27.5 Å². The number of rotatable bonds is 5. The summed E-state index contributed by atoms with van der Waals surface area (Å²) in [5.74, 6) is 1.56. The van der Waals surface area contributed by atoms with E-state index >= 15 is 0 Å². The molecule has 2 aromatic rings. The minimum Gasteiger partial charge on any atom is -0.459 e. The molecule has 0 spiro atoms. The molecule has 1 aromatic heterocycles. The smallest absolute Gasteiger partial charge is 0.289 e. The molecule has 0 N–H and O–H groups in total. The number of thioether (sulfide) groups is 1. The van der Waals surface area contributed by atoms with Gasteiger partial charge in [-0.15, -0.1) is 11.8 Å². The molecular weight excluding hydrogens is 396 g/mol. The van der Waals surface area contributed by atoms with E-state index in [1.54, 1.807) is 18.0 Å². The zero-order valence-electron chi connectivity index (χ0n) is 15.6. The van der Waals surface area contributed by atoms with Gasteiger partial charge in [-0.1, -0.05) is 18.2 Å². The molecule has 1 amide bonds. The zero-order chi connectivity index (χ0) is 19.6. The number of carbonyl (C=O) groups excluding carboxylic acids is 1. The Morgan fingerprint density at radius 1 is 1.11 bits per heavy atom. The maximum absolute atomic E-state index is 12.9. The van der Waals surface area contributed by atoms with Crippen LogP contribution in [0.15, 0.2) is 52.0 Å². The van der Waals surface area contributed by atoms with Crippen LogP contribution in [0.1, 0.15) is 22.5 Å². The van der Waals surface area contributed by atoms with Crippen molar-refractivity contribution in [3.05, 3.63) is 54.0 Å². The number of hydrogen-bond donors (Lipinski definition) is 0. The fourth-order valence-electron chi connectivity index (χ4n) is 3.81. The predicted octanol–water partition coefficient (Wildman–Crippen LogP) is 2.52. The molecule has 150 valence electrons. The molecule has 2 aliphatic rings. The van der Waals surface area contributed by atoms with Crippen LogP contribution >= 0.6 is 11.8 Å². The Bertz CT molecular complexity index is 919. The van der Waals surface area contributed by atoms with Crippen molar-refractivity contribution < 1.29 is 17.6 Å². The van der Waals surface area contributed by atoms with Crippen LogP contribution in [0.4, 0.5) is 0 Å². The number of amides is 1. The van der Waals surface area contributed by atoms with Crippen LogP contribution in [0.2, 0.25) is 0 Å².